The largest absolute Gasteiger partial charge is 0.490 e. The first-order valence-corrected chi connectivity index (χ1v) is 7.71. The molecule has 0 fully saturated rings. The molecule has 0 bridgehead atoms. The second-order valence-electron chi connectivity index (χ2n) is 5.42. The molecule has 0 N–H and O–H groups in total. The Kier molecular flexibility index (Phi) is 5.90. The van der Waals surface area contributed by atoms with Crippen LogP contribution in [-0.2, 0) is 9.53 Å². The van der Waals surface area contributed by atoms with Crippen LogP contribution in [0.25, 0.3) is 0 Å². The fraction of sp³-hybridized carbons (Fsp3) is 0.222. The number of nitro groups is 1. The highest BCUT2D eigenvalue weighted by molar-refractivity contribution is 5.98. The van der Waals surface area contributed by atoms with Gasteiger partial charge in [-0.15, -0.1) is 0 Å². The highest BCUT2D eigenvalue weighted by atomic mass is 16.6. The molecule has 0 aliphatic carbocycles. The topological polar surface area (TPSA) is 99.0 Å². The van der Waals surface area contributed by atoms with Crippen molar-refractivity contribution in [2.75, 3.05) is 19.1 Å². The second kappa shape index (κ2) is 8.11. The number of carbonyl (C=O) groups excluding carboxylic acids is 2. The molecular formula is C18H18N2O6. The van der Waals surface area contributed by atoms with Crippen LogP contribution in [0, 0.1) is 10.1 Å². The van der Waals surface area contributed by atoms with Crippen LogP contribution in [0.1, 0.15) is 17.3 Å². The van der Waals surface area contributed by atoms with Gasteiger partial charge in [0.2, 0.25) is 0 Å². The number of esters is 1. The molecule has 26 heavy (non-hydrogen) atoms. The summed E-state index contributed by atoms with van der Waals surface area (Å²) in [6, 6.07) is 12.6. The van der Waals surface area contributed by atoms with Crippen LogP contribution in [-0.4, -0.2) is 37.1 Å². The molecule has 0 heterocycles. The molecule has 0 unspecified atom stereocenters. The Balaban J connectivity index is 2.12. The molecule has 2 aromatic rings. The van der Waals surface area contributed by atoms with Gasteiger partial charge in [-0.3, -0.25) is 14.9 Å². The van der Waals surface area contributed by atoms with E-state index in [4.69, 9.17) is 9.47 Å². The van der Waals surface area contributed by atoms with Gasteiger partial charge in [-0.1, -0.05) is 18.2 Å². The van der Waals surface area contributed by atoms with E-state index in [9.17, 15) is 19.7 Å². The Morgan fingerprint density at radius 3 is 2.38 bits per heavy atom. The third-order valence-corrected chi connectivity index (χ3v) is 3.72. The SMILES string of the molecule is COc1ccc(C(=O)O[C@@H](C)C(=O)N(C)c2ccccc2)cc1[N+](=O)[O-]. The number of likely N-dealkylation sites (N-methyl/N-ethyl adjacent to an activating group) is 1. The van der Waals surface area contributed by atoms with E-state index in [2.05, 4.69) is 0 Å². The first-order valence-electron chi connectivity index (χ1n) is 7.71. The third kappa shape index (κ3) is 4.15. The lowest BCUT2D eigenvalue weighted by molar-refractivity contribution is -0.385. The Labute approximate surface area is 150 Å². The van der Waals surface area contributed by atoms with Crippen LogP contribution in [0.2, 0.25) is 0 Å². The third-order valence-electron chi connectivity index (χ3n) is 3.72. The van der Waals surface area contributed by atoms with Crippen molar-refractivity contribution < 1.29 is 24.0 Å². The quantitative estimate of drug-likeness (QED) is 0.447. The van der Waals surface area contributed by atoms with Crippen LogP contribution in [0.4, 0.5) is 11.4 Å². The van der Waals surface area contributed by atoms with Gasteiger partial charge in [0.25, 0.3) is 5.91 Å². The zero-order valence-corrected chi connectivity index (χ0v) is 14.5. The number of nitrogens with zero attached hydrogens (tertiary/aromatic N) is 2. The molecular weight excluding hydrogens is 340 g/mol. The predicted molar refractivity (Wildman–Crippen MR) is 94.4 cm³/mol. The molecule has 8 nitrogen and oxygen atoms in total. The predicted octanol–water partition coefficient (Wildman–Crippen LogP) is 2.81. The van der Waals surface area contributed by atoms with Crippen molar-refractivity contribution in [2.45, 2.75) is 13.0 Å². The molecule has 1 atom stereocenters. The molecule has 0 spiro atoms. The minimum atomic E-state index is -1.06. The summed E-state index contributed by atoms with van der Waals surface area (Å²) in [4.78, 5) is 36.4. The lowest BCUT2D eigenvalue weighted by Gasteiger charge is -2.21. The van der Waals surface area contributed by atoms with Crippen molar-refractivity contribution in [1.29, 1.82) is 0 Å². The van der Waals surface area contributed by atoms with Gasteiger partial charge in [0.15, 0.2) is 11.9 Å². The van der Waals surface area contributed by atoms with E-state index in [1.807, 2.05) is 6.07 Å². The average Bonchev–Trinajstić information content (AvgIpc) is 2.66. The van der Waals surface area contributed by atoms with Gasteiger partial charge in [-0.2, -0.15) is 0 Å². The maximum absolute atomic E-state index is 12.4. The van der Waals surface area contributed by atoms with Crippen molar-refractivity contribution in [3.8, 4) is 5.75 Å². The number of hydrogen-bond acceptors (Lipinski definition) is 6. The van der Waals surface area contributed by atoms with E-state index >= 15 is 0 Å². The standard InChI is InChI=1S/C18H18N2O6/c1-12(17(21)19(2)14-7-5-4-6-8-14)26-18(22)13-9-10-16(25-3)15(11-13)20(23)24/h4-12H,1-3H3/t12-/m0/s1. The number of carbonyl (C=O) groups is 2. The van der Waals surface area contributed by atoms with Gasteiger partial charge in [-0.25, -0.2) is 4.79 Å². The summed E-state index contributed by atoms with van der Waals surface area (Å²) in [5, 5.41) is 11.0. The summed E-state index contributed by atoms with van der Waals surface area (Å²) in [6.45, 7) is 1.44. The average molecular weight is 358 g/mol. The normalized spacial score (nSPS) is 11.3. The smallest absolute Gasteiger partial charge is 0.339 e. The van der Waals surface area contributed by atoms with Gasteiger partial charge in [0, 0.05) is 18.8 Å². The maximum Gasteiger partial charge on any atom is 0.339 e. The molecule has 0 saturated heterocycles. The van der Waals surface area contributed by atoms with Crippen LogP contribution < -0.4 is 9.64 Å². The lowest BCUT2D eigenvalue weighted by Crippen LogP contribution is -2.37. The minimum absolute atomic E-state index is 0.0273. The Morgan fingerprint density at radius 2 is 1.81 bits per heavy atom. The fourth-order valence-corrected chi connectivity index (χ4v) is 2.29. The Bertz CT molecular complexity index is 822. The van der Waals surface area contributed by atoms with E-state index < -0.39 is 22.9 Å². The lowest BCUT2D eigenvalue weighted by atomic mass is 10.2. The van der Waals surface area contributed by atoms with E-state index in [-0.39, 0.29) is 17.0 Å². The van der Waals surface area contributed by atoms with E-state index in [1.165, 1.54) is 31.1 Å². The number of nitro benzene ring substituents is 1. The number of amides is 1. The summed E-state index contributed by atoms with van der Waals surface area (Å²) in [5.74, 6) is -1.23. The molecule has 0 aliphatic rings. The first-order chi connectivity index (χ1) is 12.3. The monoisotopic (exact) mass is 358 g/mol. The number of ether oxygens (including phenoxy) is 2. The number of anilines is 1. The number of para-hydroxylation sites is 1. The molecule has 136 valence electrons. The van der Waals surface area contributed by atoms with Crippen molar-refractivity contribution in [3.63, 3.8) is 0 Å². The Morgan fingerprint density at radius 1 is 1.15 bits per heavy atom. The van der Waals surface area contributed by atoms with Crippen molar-refractivity contribution in [1.82, 2.24) is 0 Å². The zero-order valence-electron chi connectivity index (χ0n) is 14.5. The first kappa shape index (κ1) is 18.9. The molecule has 2 rings (SSSR count). The molecule has 8 heteroatoms. The van der Waals surface area contributed by atoms with Gasteiger partial charge in [-0.05, 0) is 31.2 Å². The van der Waals surface area contributed by atoms with Crippen molar-refractivity contribution in [3.05, 3.63) is 64.2 Å². The molecule has 0 saturated carbocycles. The molecule has 1 amide bonds. The number of benzene rings is 2. The van der Waals surface area contributed by atoms with E-state index in [0.29, 0.717) is 5.69 Å². The molecule has 0 aromatic heterocycles. The van der Waals surface area contributed by atoms with Crippen molar-refractivity contribution >= 4 is 23.3 Å². The fourth-order valence-electron chi connectivity index (χ4n) is 2.29. The van der Waals surface area contributed by atoms with E-state index in [0.717, 1.165) is 6.07 Å². The minimum Gasteiger partial charge on any atom is -0.490 e. The van der Waals surface area contributed by atoms with Gasteiger partial charge in [0.1, 0.15) is 0 Å². The zero-order chi connectivity index (χ0) is 19.3. The highest BCUT2D eigenvalue weighted by Crippen LogP contribution is 2.28. The van der Waals surface area contributed by atoms with Crippen molar-refractivity contribution in [2.24, 2.45) is 0 Å². The van der Waals surface area contributed by atoms with Gasteiger partial charge in [0.05, 0.1) is 17.6 Å². The summed E-state index contributed by atoms with van der Waals surface area (Å²) >= 11 is 0. The van der Waals surface area contributed by atoms with Gasteiger partial charge < -0.3 is 14.4 Å². The second-order valence-corrected chi connectivity index (χ2v) is 5.42. The van der Waals surface area contributed by atoms with Crippen LogP contribution in [0.5, 0.6) is 5.75 Å². The summed E-state index contributed by atoms with van der Waals surface area (Å²) in [7, 11) is 2.86. The number of methoxy groups -OCH3 is 1. The number of hydrogen-bond donors (Lipinski definition) is 0. The highest BCUT2D eigenvalue weighted by Gasteiger charge is 2.25. The van der Waals surface area contributed by atoms with Crippen LogP contribution >= 0.6 is 0 Å². The van der Waals surface area contributed by atoms with Gasteiger partial charge >= 0.3 is 11.7 Å². The Hall–Kier alpha value is -3.42. The summed E-state index contributed by atoms with van der Waals surface area (Å²) < 4.78 is 10.0. The van der Waals surface area contributed by atoms with Crippen LogP contribution in [0.15, 0.2) is 48.5 Å². The molecule has 2 aromatic carbocycles. The maximum atomic E-state index is 12.4. The molecule has 0 aliphatic heterocycles. The number of rotatable bonds is 6. The molecule has 0 radical (unpaired) electrons. The van der Waals surface area contributed by atoms with Crippen LogP contribution in [0.3, 0.4) is 0 Å². The summed E-state index contributed by atoms with van der Waals surface area (Å²) in [5.41, 5.74) is 0.252. The van der Waals surface area contributed by atoms with E-state index in [1.54, 1.807) is 31.3 Å². The summed E-state index contributed by atoms with van der Waals surface area (Å²) in [6.07, 6.45) is -1.06.